The molecule has 7 heteroatoms. The van der Waals surface area contributed by atoms with E-state index in [9.17, 15) is 9.59 Å². The Kier molecular flexibility index (Phi) is 4.29. The first-order valence-electron chi connectivity index (χ1n) is 7.91. The van der Waals surface area contributed by atoms with Gasteiger partial charge in [-0.2, -0.15) is 0 Å². The average Bonchev–Trinajstić information content (AvgIpc) is 2.90. The third-order valence-corrected chi connectivity index (χ3v) is 5.62. The Morgan fingerprint density at radius 1 is 1.46 bits per heavy atom. The minimum atomic E-state index is -0.480. The molecule has 2 N–H and O–H groups in total. The predicted octanol–water partition coefficient (Wildman–Crippen LogP) is 1.84. The summed E-state index contributed by atoms with van der Waals surface area (Å²) in [4.78, 5) is 34.0. The van der Waals surface area contributed by atoms with E-state index in [0.29, 0.717) is 12.3 Å². The van der Waals surface area contributed by atoms with E-state index in [1.54, 1.807) is 11.9 Å². The molecule has 24 heavy (non-hydrogen) atoms. The largest absolute Gasteiger partial charge is 0.342 e. The van der Waals surface area contributed by atoms with Crippen LogP contribution in [0.25, 0.3) is 11.0 Å². The summed E-state index contributed by atoms with van der Waals surface area (Å²) in [5, 5.41) is 2.83. The highest BCUT2D eigenvalue weighted by Gasteiger charge is 2.38. The molecule has 0 bridgehead atoms. The topological polar surface area (TPSA) is 78.1 Å². The number of rotatable bonds is 3. The van der Waals surface area contributed by atoms with Crippen LogP contribution in [-0.4, -0.2) is 50.3 Å². The van der Waals surface area contributed by atoms with Gasteiger partial charge in [0.05, 0.1) is 22.3 Å². The van der Waals surface area contributed by atoms with Gasteiger partial charge in [0.15, 0.2) is 0 Å². The van der Waals surface area contributed by atoms with Crippen LogP contribution in [0.3, 0.4) is 0 Å². The van der Waals surface area contributed by atoms with Crippen LogP contribution < -0.4 is 5.32 Å². The normalized spacial score (nSPS) is 20.0. The van der Waals surface area contributed by atoms with E-state index >= 15 is 0 Å². The van der Waals surface area contributed by atoms with Gasteiger partial charge in [-0.05, 0) is 38.5 Å². The van der Waals surface area contributed by atoms with Gasteiger partial charge in [-0.3, -0.25) is 9.59 Å². The molecule has 1 fully saturated rings. The van der Waals surface area contributed by atoms with Crippen molar-refractivity contribution in [3.8, 4) is 0 Å². The molecular formula is C17H22N4O2S. The lowest BCUT2D eigenvalue weighted by Gasteiger charge is -2.34. The van der Waals surface area contributed by atoms with Crippen LogP contribution in [0.15, 0.2) is 18.2 Å². The Morgan fingerprint density at radius 2 is 2.21 bits per heavy atom. The summed E-state index contributed by atoms with van der Waals surface area (Å²) >= 11 is 1.51. The first-order valence-corrected chi connectivity index (χ1v) is 8.90. The summed E-state index contributed by atoms with van der Waals surface area (Å²) in [6.45, 7) is 6.15. The highest BCUT2D eigenvalue weighted by Crippen LogP contribution is 2.29. The lowest BCUT2D eigenvalue weighted by atomic mass is 10.1. The zero-order chi connectivity index (χ0) is 17.5. The number of aryl methyl sites for hydroxylation is 1. The monoisotopic (exact) mass is 346 g/mol. The summed E-state index contributed by atoms with van der Waals surface area (Å²) in [5.74, 6) is 1.13. The van der Waals surface area contributed by atoms with Crippen molar-refractivity contribution in [2.75, 3.05) is 12.8 Å². The molecule has 0 unspecified atom stereocenters. The third-order valence-electron chi connectivity index (χ3n) is 4.21. The second kappa shape index (κ2) is 6.12. The van der Waals surface area contributed by atoms with Crippen molar-refractivity contribution in [2.24, 2.45) is 0 Å². The highest BCUT2D eigenvalue weighted by atomic mass is 32.2. The van der Waals surface area contributed by atoms with Crippen molar-refractivity contribution < 1.29 is 9.59 Å². The molecule has 0 radical (unpaired) electrons. The molecule has 2 aromatic rings. The molecule has 1 saturated heterocycles. The number of H-pyrrole nitrogens is 1. The molecule has 0 aliphatic carbocycles. The van der Waals surface area contributed by atoms with Gasteiger partial charge in [0.25, 0.3) is 0 Å². The third kappa shape index (κ3) is 3.26. The SMILES string of the molecule is Cc1ccc2nc(CN(C)C(=O)[C@H]3CSC(C)(C)C(=O)N3)[nH]c2c1. The molecule has 2 heterocycles. The number of thioether (sulfide) groups is 1. The fourth-order valence-corrected chi connectivity index (χ4v) is 3.68. The van der Waals surface area contributed by atoms with Crippen molar-refractivity contribution >= 4 is 34.6 Å². The number of carbonyl (C=O) groups excluding carboxylic acids is 2. The molecule has 1 aromatic heterocycles. The number of fused-ring (bicyclic) bond motifs is 1. The van der Waals surface area contributed by atoms with Gasteiger partial charge in [-0.25, -0.2) is 4.98 Å². The quantitative estimate of drug-likeness (QED) is 0.889. The van der Waals surface area contributed by atoms with E-state index in [-0.39, 0.29) is 11.8 Å². The van der Waals surface area contributed by atoms with Crippen LogP contribution in [0.5, 0.6) is 0 Å². The fourth-order valence-electron chi connectivity index (χ4n) is 2.68. The summed E-state index contributed by atoms with van der Waals surface area (Å²) in [7, 11) is 1.73. The number of imidazole rings is 1. The van der Waals surface area contributed by atoms with Crippen LogP contribution in [0, 0.1) is 6.92 Å². The van der Waals surface area contributed by atoms with Gasteiger partial charge < -0.3 is 15.2 Å². The number of aromatic amines is 1. The molecule has 1 aliphatic rings. The van der Waals surface area contributed by atoms with Crippen LogP contribution >= 0.6 is 11.8 Å². The number of carbonyl (C=O) groups is 2. The maximum atomic E-state index is 12.6. The first-order chi connectivity index (χ1) is 11.3. The van der Waals surface area contributed by atoms with Gasteiger partial charge >= 0.3 is 0 Å². The van der Waals surface area contributed by atoms with E-state index in [4.69, 9.17) is 0 Å². The van der Waals surface area contributed by atoms with Crippen molar-refractivity contribution in [1.29, 1.82) is 0 Å². The maximum absolute atomic E-state index is 12.6. The zero-order valence-corrected chi connectivity index (χ0v) is 15.2. The standard InChI is InChI=1S/C17H22N4O2S/c1-10-5-6-11-12(7-10)19-14(18-11)8-21(4)15(22)13-9-24-17(2,3)16(23)20-13/h5-7,13H,8-9H2,1-4H3,(H,18,19)(H,20,23)/t13-/m1/s1. The number of likely N-dealkylation sites (N-methyl/N-ethyl adjacent to an activating group) is 1. The Morgan fingerprint density at radius 3 is 2.92 bits per heavy atom. The average molecular weight is 346 g/mol. The minimum absolute atomic E-state index is 0.0929. The van der Waals surface area contributed by atoms with E-state index in [0.717, 1.165) is 22.4 Å². The molecule has 3 rings (SSSR count). The molecule has 1 aromatic carbocycles. The van der Waals surface area contributed by atoms with Gasteiger partial charge in [-0.15, -0.1) is 11.8 Å². The highest BCUT2D eigenvalue weighted by molar-refractivity contribution is 8.01. The maximum Gasteiger partial charge on any atom is 0.246 e. The Balaban J connectivity index is 1.68. The molecule has 0 spiro atoms. The van der Waals surface area contributed by atoms with Gasteiger partial charge in [0, 0.05) is 12.8 Å². The minimum Gasteiger partial charge on any atom is -0.342 e. The molecule has 1 atom stereocenters. The van der Waals surface area contributed by atoms with E-state index in [1.807, 2.05) is 39.0 Å². The Bertz CT molecular complexity index is 799. The number of hydrogen-bond donors (Lipinski definition) is 2. The molecular weight excluding hydrogens is 324 g/mol. The molecule has 0 saturated carbocycles. The summed E-state index contributed by atoms with van der Waals surface area (Å²) in [6.07, 6.45) is 0. The smallest absolute Gasteiger partial charge is 0.246 e. The number of nitrogens with zero attached hydrogens (tertiary/aromatic N) is 2. The second-order valence-electron chi connectivity index (χ2n) is 6.75. The number of amides is 2. The van der Waals surface area contributed by atoms with Crippen molar-refractivity contribution in [3.05, 3.63) is 29.6 Å². The zero-order valence-electron chi connectivity index (χ0n) is 14.3. The van der Waals surface area contributed by atoms with Gasteiger partial charge in [-0.1, -0.05) is 6.07 Å². The van der Waals surface area contributed by atoms with Gasteiger partial charge in [0.2, 0.25) is 11.8 Å². The fraction of sp³-hybridized carbons (Fsp3) is 0.471. The number of hydrogen-bond acceptors (Lipinski definition) is 4. The van der Waals surface area contributed by atoms with E-state index in [2.05, 4.69) is 15.3 Å². The Labute approximate surface area is 145 Å². The van der Waals surface area contributed by atoms with Crippen LogP contribution in [0.4, 0.5) is 0 Å². The van der Waals surface area contributed by atoms with Gasteiger partial charge in [0.1, 0.15) is 11.9 Å². The number of aromatic nitrogens is 2. The van der Waals surface area contributed by atoms with Crippen LogP contribution in [0.1, 0.15) is 25.2 Å². The molecule has 1 aliphatic heterocycles. The van der Waals surface area contributed by atoms with Crippen molar-refractivity contribution in [3.63, 3.8) is 0 Å². The molecule has 128 valence electrons. The van der Waals surface area contributed by atoms with E-state index < -0.39 is 10.8 Å². The number of benzene rings is 1. The molecule has 6 nitrogen and oxygen atoms in total. The number of nitrogens with one attached hydrogen (secondary N) is 2. The van der Waals surface area contributed by atoms with Crippen LogP contribution in [0.2, 0.25) is 0 Å². The first kappa shape index (κ1) is 16.8. The molecule has 2 amide bonds. The lowest BCUT2D eigenvalue weighted by Crippen LogP contribution is -2.57. The van der Waals surface area contributed by atoms with Crippen molar-refractivity contribution in [2.45, 2.75) is 38.1 Å². The predicted molar refractivity (Wildman–Crippen MR) is 95.8 cm³/mol. The van der Waals surface area contributed by atoms with Crippen molar-refractivity contribution in [1.82, 2.24) is 20.2 Å². The van der Waals surface area contributed by atoms with E-state index in [1.165, 1.54) is 11.8 Å². The summed E-state index contributed by atoms with van der Waals surface area (Å²) in [6, 6.07) is 5.53. The second-order valence-corrected chi connectivity index (χ2v) is 8.39. The Hall–Kier alpha value is -2.02. The lowest BCUT2D eigenvalue weighted by molar-refractivity contribution is -0.136. The summed E-state index contributed by atoms with van der Waals surface area (Å²) in [5.41, 5.74) is 3.01. The van der Waals surface area contributed by atoms with Crippen LogP contribution in [-0.2, 0) is 16.1 Å². The summed E-state index contributed by atoms with van der Waals surface area (Å²) < 4.78 is -0.480.